The molecule has 1 fully saturated rings. The lowest BCUT2D eigenvalue weighted by Crippen LogP contribution is -2.34. The third-order valence-electron chi connectivity index (χ3n) is 7.09. The minimum atomic E-state index is 0.215. The molecule has 0 spiro atoms. The van der Waals surface area contributed by atoms with Crippen LogP contribution < -0.4 is 4.90 Å². The Bertz CT molecular complexity index is 1290. The second-order valence-electron chi connectivity index (χ2n) is 9.04. The molecule has 0 radical (unpaired) electrons. The fraction of sp³-hybridized carbons (Fsp3) is 0.440. The Labute approximate surface area is 182 Å². The van der Waals surface area contributed by atoms with Crippen molar-refractivity contribution in [1.29, 1.82) is 0 Å². The molecular formula is C25H28N6. The highest BCUT2D eigenvalue weighted by molar-refractivity contribution is 5.92. The van der Waals surface area contributed by atoms with Crippen LogP contribution in [0.1, 0.15) is 66.4 Å². The second-order valence-corrected chi connectivity index (χ2v) is 9.04. The van der Waals surface area contributed by atoms with Crippen molar-refractivity contribution in [3.8, 4) is 0 Å². The first-order valence-corrected chi connectivity index (χ1v) is 11.6. The van der Waals surface area contributed by atoms with E-state index in [4.69, 9.17) is 15.1 Å². The van der Waals surface area contributed by atoms with E-state index in [1.54, 1.807) is 6.33 Å². The average Bonchev–Trinajstić information content (AvgIpc) is 3.23. The van der Waals surface area contributed by atoms with Crippen LogP contribution >= 0.6 is 0 Å². The molecule has 0 amide bonds. The number of aromatic nitrogens is 5. The van der Waals surface area contributed by atoms with E-state index in [0.29, 0.717) is 0 Å². The van der Waals surface area contributed by atoms with Crippen molar-refractivity contribution in [1.82, 2.24) is 24.6 Å². The molecule has 1 aliphatic heterocycles. The normalized spacial score (nSPS) is 19.2. The third kappa shape index (κ3) is 2.99. The standard InChI is InChI=1S/C25H28N6/c1-16-8-7-10-19-24(16)25(27-15-26-19)30-13-6-5-12-22(30)20-14-23-28-17(2)18-9-3-4-11-21(18)31(23)29-20/h7-8,10,14-15,22H,3-6,9,11-13H2,1-2H3/t22-/m1/s1. The van der Waals surface area contributed by atoms with Crippen LogP contribution in [0.2, 0.25) is 0 Å². The van der Waals surface area contributed by atoms with Gasteiger partial charge < -0.3 is 4.90 Å². The average molecular weight is 413 g/mol. The number of anilines is 1. The summed E-state index contributed by atoms with van der Waals surface area (Å²) < 4.78 is 2.13. The third-order valence-corrected chi connectivity index (χ3v) is 7.09. The Kier molecular flexibility index (Phi) is 4.40. The van der Waals surface area contributed by atoms with Crippen LogP contribution in [-0.4, -0.2) is 31.1 Å². The molecule has 4 aromatic rings. The smallest absolute Gasteiger partial charge is 0.155 e. The number of hydrogen-bond acceptors (Lipinski definition) is 5. The molecular weight excluding hydrogens is 384 g/mol. The highest BCUT2D eigenvalue weighted by atomic mass is 15.3. The SMILES string of the molecule is Cc1nc2cc([C@H]3CCCCN3c3ncnc4cccc(C)c34)nn2c2c1CCCC2. The van der Waals surface area contributed by atoms with Gasteiger partial charge in [0.25, 0.3) is 0 Å². The minimum absolute atomic E-state index is 0.215. The van der Waals surface area contributed by atoms with Gasteiger partial charge in [-0.05, 0) is 76.0 Å². The first kappa shape index (κ1) is 18.7. The van der Waals surface area contributed by atoms with Crippen molar-refractivity contribution in [2.45, 2.75) is 64.8 Å². The molecule has 31 heavy (non-hydrogen) atoms. The van der Waals surface area contributed by atoms with Crippen molar-refractivity contribution in [2.75, 3.05) is 11.4 Å². The lowest BCUT2D eigenvalue weighted by atomic mass is 9.95. The van der Waals surface area contributed by atoms with Crippen LogP contribution in [0.5, 0.6) is 0 Å². The summed E-state index contributed by atoms with van der Waals surface area (Å²) in [6.07, 6.45) is 9.89. The number of aryl methyl sites for hydroxylation is 3. The van der Waals surface area contributed by atoms with E-state index < -0.39 is 0 Å². The highest BCUT2D eigenvalue weighted by Gasteiger charge is 2.30. The van der Waals surface area contributed by atoms with Crippen LogP contribution in [-0.2, 0) is 12.8 Å². The first-order valence-electron chi connectivity index (χ1n) is 11.6. The predicted octanol–water partition coefficient (Wildman–Crippen LogP) is 4.90. The van der Waals surface area contributed by atoms with Crippen molar-refractivity contribution < 1.29 is 0 Å². The number of nitrogens with zero attached hydrogens (tertiary/aromatic N) is 6. The van der Waals surface area contributed by atoms with Gasteiger partial charge in [-0.15, -0.1) is 0 Å². The van der Waals surface area contributed by atoms with Crippen LogP contribution in [0, 0.1) is 13.8 Å². The summed E-state index contributed by atoms with van der Waals surface area (Å²) in [6, 6.07) is 8.73. The molecule has 1 saturated heterocycles. The zero-order valence-electron chi connectivity index (χ0n) is 18.3. The molecule has 4 heterocycles. The number of rotatable bonds is 2. The van der Waals surface area contributed by atoms with Crippen molar-refractivity contribution in [2.24, 2.45) is 0 Å². The molecule has 6 heteroatoms. The highest BCUT2D eigenvalue weighted by Crippen LogP contribution is 2.38. The monoisotopic (exact) mass is 412 g/mol. The van der Waals surface area contributed by atoms with Crippen molar-refractivity contribution in [3.05, 3.63) is 58.8 Å². The summed E-state index contributed by atoms with van der Waals surface area (Å²) in [5.74, 6) is 1.04. The number of piperidine rings is 1. The topological polar surface area (TPSA) is 59.2 Å². The quantitative estimate of drug-likeness (QED) is 0.469. The predicted molar refractivity (Wildman–Crippen MR) is 123 cm³/mol. The van der Waals surface area contributed by atoms with Gasteiger partial charge in [-0.2, -0.15) is 5.10 Å². The molecule has 0 N–H and O–H groups in total. The summed E-state index contributed by atoms with van der Waals surface area (Å²) in [5, 5.41) is 6.30. The van der Waals surface area contributed by atoms with Gasteiger partial charge in [0.15, 0.2) is 5.65 Å². The molecule has 6 nitrogen and oxygen atoms in total. The van der Waals surface area contributed by atoms with Gasteiger partial charge in [-0.3, -0.25) is 0 Å². The largest absolute Gasteiger partial charge is 0.347 e. The zero-order valence-corrected chi connectivity index (χ0v) is 18.3. The molecule has 1 aliphatic carbocycles. The van der Waals surface area contributed by atoms with E-state index in [-0.39, 0.29) is 6.04 Å². The van der Waals surface area contributed by atoms with E-state index in [2.05, 4.69) is 52.5 Å². The maximum absolute atomic E-state index is 5.14. The summed E-state index contributed by atoms with van der Waals surface area (Å²) in [4.78, 5) is 16.7. The molecule has 0 unspecified atom stereocenters. The van der Waals surface area contributed by atoms with Crippen LogP contribution in [0.25, 0.3) is 16.6 Å². The van der Waals surface area contributed by atoms with E-state index in [9.17, 15) is 0 Å². The Balaban J connectivity index is 1.49. The minimum Gasteiger partial charge on any atom is -0.347 e. The zero-order chi connectivity index (χ0) is 20.9. The van der Waals surface area contributed by atoms with Crippen LogP contribution in [0.3, 0.4) is 0 Å². The summed E-state index contributed by atoms with van der Waals surface area (Å²) in [7, 11) is 0. The van der Waals surface area contributed by atoms with E-state index in [1.807, 2.05) is 0 Å². The number of fused-ring (bicyclic) bond motifs is 4. The van der Waals surface area contributed by atoms with Crippen molar-refractivity contribution >= 4 is 22.4 Å². The maximum Gasteiger partial charge on any atom is 0.155 e. The van der Waals surface area contributed by atoms with Gasteiger partial charge in [-0.1, -0.05) is 12.1 Å². The Hall–Kier alpha value is -3.02. The van der Waals surface area contributed by atoms with Crippen LogP contribution in [0.15, 0.2) is 30.6 Å². The Morgan fingerprint density at radius 1 is 1.00 bits per heavy atom. The van der Waals surface area contributed by atoms with E-state index >= 15 is 0 Å². The van der Waals surface area contributed by atoms with Crippen LogP contribution in [0.4, 0.5) is 5.82 Å². The first-order chi connectivity index (χ1) is 15.2. The number of benzene rings is 1. The van der Waals surface area contributed by atoms with E-state index in [0.717, 1.165) is 53.9 Å². The molecule has 0 saturated carbocycles. The Morgan fingerprint density at radius 2 is 1.90 bits per heavy atom. The molecule has 1 atom stereocenters. The van der Waals surface area contributed by atoms with Crippen molar-refractivity contribution in [3.63, 3.8) is 0 Å². The molecule has 1 aromatic carbocycles. The molecule has 158 valence electrons. The Morgan fingerprint density at radius 3 is 2.84 bits per heavy atom. The maximum atomic E-state index is 5.14. The fourth-order valence-electron chi connectivity index (χ4n) is 5.55. The lowest BCUT2D eigenvalue weighted by Gasteiger charge is -2.36. The summed E-state index contributed by atoms with van der Waals surface area (Å²) in [6.45, 7) is 5.29. The van der Waals surface area contributed by atoms with Gasteiger partial charge >= 0.3 is 0 Å². The fourth-order valence-corrected chi connectivity index (χ4v) is 5.55. The number of hydrogen-bond donors (Lipinski definition) is 0. The second kappa shape index (κ2) is 7.29. The lowest BCUT2D eigenvalue weighted by molar-refractivity contribution is 0.460. The van der Waals surface area contributed by atoms with Gasteiger partial charge in [-0.25, -0.2) is 19.5 Å². The van der Waals surface area contributed by atoms with Gasteiger partial charge in [0, 0.05) is 29.4 Å². The molecule has 0 bridgehead atoms. The summed E-state index contributed by atoms with van der Waals surface area (Å²) >= 11 is 0. The molecule has 2 aliphatic rings. The summed E-state index contributed by atoms with van der Waals surface area (Å²) in [5.41, 5.74) is 8.28. The van der Waals surface area contributed by atoms with E-state index in [1.165, 1.54) is 48.2 Å². The van der Waals surface area contributed by atoms with Gasteiger partial charge in [0.2, 0.25) is 0 Å². The molecule has 6 rings (SSSR count). The van der Waals surface area contributed by atoms with Gasteiger partial charge in [0.05, 0.1) is 17.3 Å². The molecule has 3 aromatic heterocycles. The van der Waals surface area contributed by atoms with Gasteiger partial charge in [0.1, 0.15) is 12.1 Å².